The Balaban J connectivity index is 1.67. The molecular formula is C15H23N3O. The van der Waals surface area contributed by atoms with E-state index in [0.717, 1.165) is 24.1 Å². The molecule has 0 aliphatic heterocycles. The molecule has 1 heterocycles. The van der Waals surface area contributed by atoms with Crippen LogP contribution in [0.4, 0.5) is 11.5 Å². The number of ether oxygens (including phenoxy) is 1. The minimum Gasteiger partial charge on any atom is -0.476 e. The Morgan fingerprint density at radius 2 is 2.26 bits per heavy atom. The summed E-state index contributed by atoms with van der Waals surface area (Å²) in [5.74, 6) is 3.24. The second-order valence-corrected chi connectivity index (χ2v) is 5.87. The zero-order valence-corrected chi connectivity index (χ0v) is 11.6. The molecule has 3 rings (SSSR count). The van der Waals surface area contributed by atoms with Crippen LogP contribution in [0.3, 0.4) is 0 Å². The number of fused-ring (bicyclic) bond motifs is 2. The lowest BCUT2D eigenvalue weighted by Gasteiger charge is -2.23. The average molecular weight is 261 g/mol. The van der Waals surface area contributed by atoms with Crippen molar-refractivity contribution in [3.05, 3.63) is 12.1 Å². The van der Waals surface area contributed by atoms with Crippen LogP contribution in [0.5, 0.6) is 5.88 Å². The molecule has 2 aliphatic carbocycles. The van der Waals surface area contributed by atoms with Crippen LogP contribution in [0.2, 0.25) is 0 Å². The molecule has 3 atom stereocenters. The number of hydrogen-bond donors (Lipinski definition) is 2. The van der Waals surface area contributed by atoms with Gasteiger partial charge in [-0.2, -0.15) is 4.98 Å². The van der Waals surface area contributed by atoms with Gasteiger partial charge >= 0.3 is 0 Å². The molecule has 3 N–H and O–H groups in total. The number of hydrogen-bond acceptors (Lipinski definition) is 4. The third-order valence-electron chi connectivity index (χ3n) is 4.40. The first-order valence-electron chi connectivity index (χ1n) is 7.42. The number of nitrogen functional groups attached to an aromatic ring is 1. The van der Waals surface area contributed by atoms with Crippen LogP contribution in [-0.4, -0.2) is 17.6 Å². The largest absolute Gasteiger partial charge is 0.476 e. The molecule has 0 spiro atoms. The van der Waals surface area contributed by atoms with Crippen LogP contribution in [0.1, 0.15) is 39.0 Å². The number of nitrogens with two attached hydrogens (primary N) is 1. The Hall–Kier alpha value is -1.45. The third kappa shape index (κ3) is 2.62. The third-order valence-corrected chi connectivity index (χ3v) is 4.40. The molecule has 1 aromatic heterocycles. The fourth-order valence-corrected chi connectivity index (χ4v) is 3.46. The van der Waals surface area contributed by atoms with E-state index in [1.807, 2.05) is 12.1 Å². The van der Waals surface area contributed by atoms with Gasteiger partial charge in [0.25, 0.3) is 0 Å². The summed E-state index contributed by atoms with van der Waals surface area (Å²) in [6, 6.07) is 4.43. The minimum atomic E-state index is 0.565. The SMILES string of the molecule is CCCOc1nc(NC2CC3CCC2C3)ccc1N. The highest BCUT2D eigenvalue weighted by atomic mass is 16.5. The van der Waals surface area contributed by atoms with Gasteiger partial charge in [0, 0.05) is 6.04 Å². The molecule has 104 valence electrons. The van der Waals surface area contributed by atoms with E-state index in [0.29, 0.717) is 24.2 Å². The number of pyridine rings is 1. The van der Waals surface area contributed by atoms with Gasteiger partial charge in [0.15, 0.2) is 0 Å². The van der Waals surface area contributed by atoms with E-state index < -0.39 is 0 Å². The van der Waals surface area contributed by atoms with Gasteiger partial charge in [-0.1, -0.05) is 13.3 Å². The second kappa shape index (κ2) is 5.27. The Bertz CT molecular complexity index is 449. The van der Waals surface area contributed by atoms with Crippen molar-refractivity contribution in [2.24, 2.45) is 11.8 Å². The first-order chi connectivity index (χ1) is 9.26. The average Bonchev–Trinajstić information content (AvgIpc) is 3.01. The molecule has 4 nitrogen and oxygen atoms in total. The zero-order valence-electron chi connectivity index (χ0n) is 11.6. The zero-order chi connectivity index (χ0) is 13.2. The summed E-state index contributed by atoms with van der Waals surface area (Å²) >= 11 is 0. The number of rotatable bonds is 5. The number of nitrogens with zero attached hydrogens (tertiary/aromatic N) is 1. The maximum atomic E-state index is 5.88. The number of anilines is 2. The van der Waals surface area contributed by atoms with E-state index in [1.54, 1.807) is 0 Å². The Morgan fingerprint density at radius 1 is 1.37 bits per heavy atom. The van der Waals surface area contributed by atoms with Crippen molar-refractivity contribution in [2.75, 3.05) is 17.7 Å². The summed E-state index contributed by atoms with van der Waals surface area (Å²) in [6.45, 7) is 2.74. The fourth-order valence-electron chi connectivity index (χ4n) is 3.46. The van der Waals surface area contributed by atoms with Crippen LogP contribution in [-0.2, 0) is 0 Å². The van der Waals surface area contributed by atoms with Gasteiger partial charge in [-0.05, 0) is 49.7 Å². The van der Waals surface area contributed by atoms with E-state index in [1.165, 1.54) is 25.7 Å². The van der Waals surface area contributed by atoms with Crippen LogP contribution < -0.4 is 15.8 Å². The fraction of sp³-hybridized carbons (Fsp3) is 0.667. The summed E-state index contributed by atoms with van der Waals surface area (Å²) in [5, 5.41) is 3.57. The molecule has 2 aliphatic rings. The van der Waals surface area contributed by atoms with Gasteiger partial charge in [-0.3, -0.25) is 0 Å². The molecule has 2 fully saturated rings. The van der Waals surface area contributed by atoms with Crippen LogP contribution in [0.15, 0.2) is 12.1 Å². The van der Waals surface area contributed by atoms with Crippen LogP contribution >= 0.6 is 0 Å². The molecule has 0 radical (unpaired) electrons. The maximum Gasteiger partial charge on any atom is 0.239 e. The minimum absolute atomic E-state index is 0.565. The Morgan fingerprint density at radius 3 is 2.95 bits per heavy atom. The van der Waals surface area contributed by atoms with E-state index in [4.69, 9.17) is 10.5 Å². The molecule has 0 saturated heterocycles. The van der Waals surface area contributed by atoms with E-state index >= 15 is 0 Å². The van der Waals surface area contributed by atoms with Gasteiger partial charge in [0.1, 0.15) is 5.82 Å². The van der Waals surface area contributed by atoms with Crippen molar-refractivity contribution in [1.29, 1.82) is 0 Å². The van der Waals surface area contributed by atoms with Crippen molar-refractivity contribution in [1.82, 2.24) is 4.98 Å². The molecule has 2 saturated carbocycles. The predicted octanol–water partition coefficient (Wildman–Crippen LogP) is 3.05. The summed E-state index contributed by atoms with van der Waals surface area (Å²) in [6.07, 6.45) is 6.44. The summed E-state index contributed by atoms with van der Waals surface area (Å²) in [5.41, 5.74) is 6.50. The van der Waals surface area contributed by atoms with Gasteiger partial charge in [-0.25, -0.2) is 0 Å². The summed E-state index contributed by atoms with van der Waals surface area (Å²) in [4.78, 5) is 4.50. The summed E-state index contributed by atoms with van der Waals surface area (Å²) < 4.78 is 5.58. The monoisotopic (exact) mass is 261 g/mol. The maximum absolute atomic E-state index is 5.88. The van der Waals surface area contributed by atoms with E-state index in [9.17, 15) is 0 Å². The van der Waals surface area contributed by atoms with Crippen molar-refractivity contribution in [2.45, 2.75) is 45.1 Å². The highest BCUT2D eigenvalue weighted by Crippen LogP contribution is 2.45. The molecular weight excluding hydrogens is 238 g/mol. The van der Waals surface area contributed by atoms with E-state index in [-0.39, 0.29) is 0 Å². The lowest BCUT2D eigenvalue weighted by molar-refractivity contribution is 0.307. The summed E-state index contributed by atoms with van der Waals surface area (Å²) in [7, 11) is 0. The van der Waals surface area contributed by atoms with Crippen molar-refractivity contribution in [3.8, 4) is 5.88 Å². The molecule has 2 bridgehead atoms. The molecule has 0 amide bonds. The van der Waals surface area contributed by atoms with E-state index in [2.05, 4.69) is 17.2 Å². The first kappa shape index (κ1) is 12.6. The lowest BCUT2D eigenvalue weighted by Crippen LogP contribution is -2.26. The lowest BCUT2D eigenvalue weighted by atomic mass is 9.95. The highest BCUT2D eigenvalue weighted by molar-refractivity contribution is 5.54. The number of aromatic nitrogens is 1. The normalized spacial score (nSPS) is 28.6. The number of nitrogens with one attached hydrogen (secondary N) is 1. The van der Waals surface area contributed by atoms with Gasteiger partial charge in [0.2, 0.25) is 5.88 Å². The van der Waals surface area contributed by atoms with Gasteiger partial charge in [-0.15, -0.1) is 0 Å². The van der Waals surface area contributed by atoms with Gasteiger partial charge < -0.3 is 15.8 Å². The molecule has 0 aromatic carbocycles. The highest BCUT2D eigenvalue weighted by Gasteiger charge is 2.39. The molecule has 3 unspecified atom stereocenters. The van der Waals surface area contributed by atoms with Gasteiger partial charge in [0.05, 0.1) is 12.3 Å². The quantitative estimate of drug-likeness (QED) is 0.855. The van der Waals surface area contributed by atoms with Crippen molar-refractivity contribution in [3.63, 3.8) is 0 Å². The topological polar surface area (TPSA) is 60.2 Å². The Kier molecular flexibility index (Phi) is 3.49. The Labute approximate surface area is 114 Å². The smallest absolute Gasteiger partial charge is 0.239 e. The standard InChI is InChI=1S/C15H23N3O/c1-2-7-19-15-12(16)5-6-14(18-15)17-13-9-10-3-4-11(13)8-10/h5-6,10-11,13H,2-4,7-9,16H2,1H3,(H,17,18). The molecule has 19 heavy (non-hydrogen) atoms. The van der Waals surface area contributed by atoms with Crippen LogP contribution in [0, 0.1) is 11.8 Å². The molecule has 4 heteroatoms. The predicted molar refractivity (Wildman–Crippen MR) is 77.3 cm³/mol. The van der Waals surface area contributed by atoms with Crippen molar-refractivity contribution < 1.29 is 4.74 Å². The molecule has 1 aromatic rings. The van der Waals surface area contributed by atoms with Crippen LogP contribution in [0.25, 0.3) is 0 Å². The first-order valence-corrected chi connectivity index (χ1v) is 7.42. The second-order valence-electron chi connectivity index (χ2n) is 5.87. The van der Waals surface area contributed by atoms with Crippen molar-refractivity contribution >= 4 is 11.5 Å².